The minimum absolute atomic E-state index is 0.349. The Kier molecular flexibility index (Phi) is 8.08. The van der Waals surface area contributed by atoms with Gasteiger partial charge >= 0.3 is 0 Å². The van der Waals surface area contributed by atoms with Crippen LogP contribution in [0.5, 0.6) is 0 Å². The maximum Gasteiger partial charge on any atom is 0.163 e. The van der Waals surface area contributed by atoms with E-state index in [2.05, 4.69) is 63.1 Å². The van der Waals surface area contributed by atoms with E-state index in [1.165, 1.54) is 4.90 Å². The van der Waals surface area contributed by atoms with Crippen molar-refractivity contribution in [3.8, 4) is 0 Å². The Morgan fingerprint density at radius 3 is 2.61 bits per heavy atom. The third kappa shape index (κ3) is 6.38. The summed E-state index contributed by atoms with van der Waals surface area (Å²) in [5.74, 6) is 2.12. The lowest BCUT2D eigenvalue weighted by Gasteiger charge is -2.26. The molecule has 0 radical (unpaired) electrons. The van der Waals surface area contributed by atoms with Crippen LogP contribution in [0.3, 0.4) is 0 Å². The number of hydrogen-bond acceptors (Lipinski definition) is 8. The van der Waals surface area contributed by atoms with Crippen molar-refractivity contribution in [3.05, 3.63) is 42.1 Å². The second kappa shape index (κ2) is 11.2. The molecule has 0 saturated carbocycles. The van der Waals surface area contributed by atoms with Crippen LogP contribution in [0.1, 0.15) is 31.7 Å². The van der Waals surface area contributed by atoms with Crippen LogP contribution in [0.2, 0.25) is 0 Å². The van der Waals surface area contributed by atoms with Crippen molar-refractivity contribution < 1.29 is 4.74 Å². The summed E-state index contributed by atoms with van der Waals surface area (Å²) in [4.78, 5) is 8.56. The number of ether oxygens (including phenoxy) is 1. The lowest BCUT2D eigenvalue weighted by molar-refractivity contribution is 0.0378. The van der Waals surface area contributed by atoms with Crippen LogP contribution in [0.15, 0.2) is 41.4 Å². The summed E-state index contributed by atoms with van der Waals surface area (Å²) in [6, 6.07) is 10.5. The average molecular weight is 470 g/mol. The van der Waals surface area contributed by atoms with Gasteiger partial charge in [-0.15, -0.1) is 0 Å². The summed E-state index contributed by atoms with van der Waals surface area (Å²) >= 11 is 1.70. The van der Waals surface area contributed by atoms with E-state index in [9.17, 15) is 0 Å². The number of nitrogens with one attached hydrogen (secondary N) is 2. The molecule has 0 unspecified atom stereocenters. The molecule has 0 amide bonds. The topological polar surface area (TPSA) is 70.0 Å². The van der Waals surface area contributed by atoms with Gasteiger partial charge < -0.3 is 15.4 Å². The molecular weight excluding hydrogens is 434 g/mol. The normalized spacial score (nSPS) is 15.0. The van der Waals surface area contributed by atoms with Crippen LogP contribution < -0.4 is 10.6 Å². The summed E-state index contributed by atoms with van der Waals surface area (Å²) in [5, 5.41) is 11.7. The van der Waals surface area contributed by atoms with Crippen molar-refractivity contribution >= 4 is 34.9 Å². The van der Waals surface area contributed by atoms with Crippen LogP contribution in [-0.4, -0.2) is 77.3 Å². The molecule has 0 bridgehead atoms. The van der Waals surface area contributed by atoms with E-state index >= 15 is 0 Å². The van der Waals surface area contributed by atoms with Gasteiger partial charge in [0.05, 0.1) is 19.4 Å². The second-order valence-electron chi connectivity index (χ2n) is 8.80. The number of benzene rings is 1. The standard InChI is InChI=1S/C24H35N7OS/c1-18(2)21-17-26-31-23(27-19-6-8-20(9-7-19)33-29(3)4)16-22(28-24(21)31)25-10-5-11-30-12-14-32-15-13-30/h6-9,16-18,27H,5,10-15H2,1-4H3,(H,25,28). The van der Waals surface area contributed by atoms with Crippen LogP contribution >= 0.6 is 11.9 Å². The van der Waals surface area contributed by atoms with Gasteiger partial charge in [-0.25, -0.2) is 4.98 Å². The zero-order valence-electron chi connectivity index (χ0n) is 20.0. The molecule has 33 heavy (non-hydrogen) atoms. The third-order valence-corrected chi connectivity index (χ3v) is 6.44. The van der Waals surface area contributed by atoms with Gasteiger partial charge in [0, 0.05) is 41.8 Å². The van der Waals surface area contributed by atoms with Crippen LogP contribution in [0.4, 0.5) is 17.3 Å². The first-order valence-corrected chi connectivity index (χ1v) is 12.4. The monoisotopic (exact) mass is 469 g/mol. The van der Waals surface area contributed by atoms with Crippen molar-refractivity contribution in [2.24, 2.45) is 0 Å². The van der Waals surface area contributed by atoms with Crippen LogP contribution in [0.25, 0.3) is 5.65 Å². The van der Waals surface area contributed by atoms with Gasteiger partial charge in [-0.05, 0) is 69.2 Å². The Morgan fingerprint density at radius 2 is 1.91 bits per heavy atom. The maximum absolute atomic E-state index is 5.44. The molecule has 2 N–H and O–H groups in total. The van der Waals surface area contributed by atoms with E-state index in [0.29, 0.717) is 5.92 Å². The zero-order chi connectivity index (χ0) is 23.2. The number of hydrogen-bond donors (Lipinski definition) is 2. The molecular formula is C24H35N7OS. The van der Waals surface area contributed by atoms with Gasteiger partial charge in [0.2, 0.25) is 0 Å². The average Bonchev–Trinajstić information content (AvgIpc) is 3.23. The summed E-state index contributed by atoms with van der Waals surface area (Å²) in [6.07, 6.45) is 2.99. The highest BCUT2D eigenvalue weighted by Gasteiger charge is 2.15. The highest BCUT2D eigenvalue weighted by Crippen LogP contribution is 2.27. The number of anilines is 3. The van der Waals surface area contributed by atoms with E-state index in [-0.39, 0.29) is 0 Å². The predicted molar refractivity (Wildman–Crippen MR) is 137 cm³/mol. The lowest BCUT2D eigenvalue weighted by Crippen LogP contribution is -2.37. The molecule has 0 spiro atoms. The Morgan fingerprint density at radius 1 is 1.15 bits per heavy atom. The highest BCUT2D eigenvalue weighted by atomic mass is 32.2. The molecule has 1 aliphatic rings. The molecule has 9 heteroatoms. The maximum atomic E-state index is 5.44. The molecule has 1 saturated heterocycles. The summed E-state index contributed by atoms with van der Waals surface area (Å²) in [6.45, 7) is 10.0. The number of aromatic nitrogens is 3. The first-order valence-electron chi connectivity index (χ1n) is 11.6. The number of nitrogens with zero attached hydrogens (tertiary/aromatic N) is 5. The third-order valence-electron chi connectivity index (χ3n) is 5.60. The molecule has 0 atom stereocenters. The Labute approximate surface area is 200 Å². The van der Waals surface area contributed by atoms with E-state index in [4.69, 9.17) is 9.72 Å². The van der Waals surface area contributed by atoms with Gasteiger partial charge in [0.25, 0.3) is 0 Å². The minimum atomic E-state index is 0.349. The molecule has 1 aromatic carbocycles. The van der Waals surface area contributed by atoms with Gasteiger partial charge in [-0.2, -0.15) is 9.61 Å². The Hall–Kier alpha value is -2.33. The summed E-state index contributed by atoms with van der Waals surface area (Å²) < 4.78 is 9.42. The lowest BCUT2D eigenvalue weighted by atomic mass is 10.1. The van der Waals surface area contributed by atoms with Crippen molar-refractivity contribution in [1.82, 2.24) is 23.8 Å². The molecule has 1 aliphatic heterocycles. The quantitative estimate of drug-likeness (QED) is 0.336. The van der Waals surface area contributed by atoms with E-state index in [0.717, 1.165) is 74.3 Å². The molecule has 3 heterocycles. The summed E-state index contributed by atoms with van der Waals surface area (Å²) in [7, 11) is 4.09. The van der Waals surface area contributed by atoms with Crippen molar-refractivity contribution in [1.29, 1.82) is 0 Å². The summed E-state index contributed by atoms with van der Waals surface area (Å²) in [5.41, 5.74) is 3.06. The molecule has 0 aliphatic carbocycles. The number of morpholine rings is 1. The fourth-order valence-corrected chi connectivity index (χ4v) is 4.55. The smallest absolute Gasteiger partial charge is 0.163 e. The SMILES string of the molecule is CC(C)c1cnn2c(Nc3ccc(SN(C)C)cc3)cc(NCCCN3CCOCC3)nc12. The first-order chi connectivity index (χ1) is 16.0. The number of fused-ring (bicyclic) bond motifs is 1. The van der Waals surface area contributed by atoms with Gasteiger partial charge in [-0.1, -0.05) is 13.8 Å². The molecule has 8 nitrogen and oxygen atoms in total. The van der Waals surface area contributed by atoms with Crippen molar-refractivity contribution in [2.75, 3.05) is 64.1 Å². The van der Waals surface area contributed by atoms with E-state index in [1.54, 1.807) is 11.9 Å². The molecule has 178 valence electrons. The fourth-order valence-electron chi connectivity index (χ4n) is 3.87. The molecule has 3 aromatic rings. The number of rotatable bonds is 10. The predicted octanol–water partition coefficient (Wildman–Crippen LogP) is 4.30. The minimum Gasteiger partial charge on any atom is -0.379 e. The van der Waals surface area contributed by atoms with Gasteiger partial charge in [-0.3, -0.25) is 9.21 Å². The molecule has 4 rings (SSSR count). The van der Waals surface area contributed by atoms with Gasteiger partial charge in [0.15, 0.2) is 5.65 Å². The molecule has 2 aromatic heterocycles. The van der Waals surface area contributed by atoms with Crippen molar-refractivity contribution in [2.45, 2.75) is 31.1 Å². The van der Waals surface area contributed by atoms with Crippen molar-refractivity contribution in [3.63, 3.8) is 0 Å². The molecule has 1 fully saturated rings. The first kappa shape index (κ1) is 23.8. The Balaban J connectivity index is 1.49. The Bertz CT molecular complexity index is 1030. The highest BCUT2D eigenvalue weighted by molar-refractivity contribution is 7.97. The zero-order valence-corrected chi connectivity index (χ0v) is 20.9. The second-order valence-corrected chi connectivity index (χ2v) is 10.2. The van der Waals surface area contributed by atoms with Gasteiger partial charge in [0.1, 0.15) is 11.6 Å². The van der Waals surface area contributed by atoms with E-state index < -0.39 is 0 Å². The fraction of sp³-hybridized carbons (Fsp3) is 0.500. The van der Waals surface area contributed by atoms with Crippen LogP contribution in [0, 0.1) is 0 Å². The largest absolute Gasteiger partial charge is 0.379 e. The van der Waals surface area contributed by atoms with E-state index in [1.807, 2.05) is 30.9 Å². The van der Waals surface area contributed by atoms with Crippen LogP contribution in [-0.2, 0) is 4.74 Å².